The summed E-state index contributed by atoms with van der Waals surface area (Å²) >= 11 is 0. The number of nitrogens with zero attached hydrogens (tertiary/aromatic N) is 5. The van der Waals surface area contributed by atoms with E-state index in [-0.39, 0.29) is 12.2 Å². The van der Waals surface area contributed by atoms with Gasteiger partial charge in [0.15, 0.2) is 0 Å². The highest BCUT2D eigenvalue weighted by atomic mass is 16.6. The number of nitrogen functional groups attached to an aromatic ring is 1. The van der Waals surface area contributed by atoms with Crippen molar-refractivity contribution in [3.8, 4) is 5.75 Å². The smallest absolute Gasteiger partial charge is 0.411 e. The number of anilines is 3. The number of rotatable bonds is 11. The number of amides is 1. The topological polar surface area (TPSA) is 127 Å². The molecule has 2 aromatic rings. The van der Waals surface area contributed by atoms with Crippen LogP contribution in [0.3, 0.4) is 0 Å². The average molecular weight is 560 g/mol. The van der Waals surface area contributed by atoms with E-state index in [1.54, 1.807) is 18.3 Å². The fourth-order valence-electron chi connectivity index (χ4n) is 3.74. The summed E-state index contributed by atoms with van der Waals surface area (Å²) in [6, 6.07) is 7.21. The van der Waals surface area contributed by atoms with Crippen molar-refractivity contribution in [2.24, 2.45) is 5.16 Å². The maximum Gasteiger partial charge on any atom is 0.411 e. The highest BCUT2D eigenvalue weighted by molar-refractivity contribution is 5.91. The molecule has 3 N–H and O–H groups in total. The largest absolute Gasteiger partial charge is 0.491 e. The van der Waals surface area contributed by atoms with E-state index in [0.717, 1.165) is 18.7 Å². The first-order chi connectivity index (χ1) is 19.3. The second kappa shape index (κ2) is 19.5. The number of aromatic nitrogens is 2. The van der Waals surface area contributed by atoms with E-state index in [9.17, 15) is 4.79 Å². The minimum absolute atomic E-state index is 0.0909. The third-order valence-corrected chi connectivity index (χ3v) is 5.48. The molecule has 0 radical (unpaired) electrons. The number of oxime groups is 1. The number of piperidine rings is 1. The number of benzene rings is 1. The van der Waals surface area contributed by atoms with Crippen LogP contribution in [0.1, 0.15) is 66.4 Å². The molecule has 0 saturated carbocycles. The molecule has 1 aromatic heterocycles. The number of nitrogens with one attached hydrogen (secondary N) is 1. The molecule has 1 fully saturated rings. The van der Waals surface area contributed by atoms with Gasteiger partial charge in [-0.3, -0.25) is 5.32 Å². The van der Waals surface area contributed by atoms with Gasteiger partial charge < -0.3 is 29.8 Å². The maximum absolute atomic E-state index is 12.4. The standard InChI is InChI=1S/C25H37N7O4.2C2H6/c1-18(2)35-20-8-6-19(7-9-20)30-25(33)36-21-10-13-32(14-11-21)24-22(23(26)27-17-28-24)16-29-34-15-5-12-31(3)4;2*1-2/h6-9,16-18,21H,5,10-15H2,1-4H3,(H,30,33)(H2,26,27,28);2*1-2H3/b29-16+;;. The van der Waals surface area contributed by atoms with Crippen LogP contribution in [-0.4, -0.2) is 79.7 Å². The Hall–Kier alpha value is -3.60. The first-order valence-electron chi connectivity index (χ1n) is 14.2. The van der Waals surface area contributed by atoms with E-state index in [2.05, 4.69) is 30.2 Å². The molecule has 0 aliphatic carbocycles. The number of hydrogen-bond donors (Lipinski definition) is 2. The van der Waals surface area contributed by atoms with Gasteiger partial charge in [-0.25, -0.2) is 14.8 Å². The van der Waals surface area contributed by atoms with Crippen LogP contribution in [0.5, 0.6) is 5.75 Å². The van der Waals surface area contributed by atoms with E-state index < -0.39 is 6.09 Å². The Morgan fingerprint density at radius 3 is 2.40 bits per heavy atom. The molecule has 1 aromatic carbocycles. The van der Waals surface area contributed by atoms with Gasteiger partial charge in [-0.15, -0.1) is 0 Å². The van der Waals surface area contributed by atoms with Gasteiger partial charge in [0.1, 0.15) is 36.4 Å². The van der Waals surface area contributed by atoms with Gasteiger partial charge in [0.2, 0.25) is 0 Å². The summed E-state index contributed by atoms with van der Waals surface area (Å²) in [7, 11) is 4.03. The first-order valence-corrected chi connectivity index (χ1v) is 14.2. The van der Waals surface area contributed by atoms with Crippen LogP contribution in [-0.2, 0) is 9.57 Å². The molecule has 1 saturated heterocycles. The van der Waals surface area contributed by atoms with Crippen molar-refractivity contribution in [1.82, 2.24) is 14.9 Å². The van der Waals surface area contributed by atoms with E-state index in [1.165, 1.54) is 6.33 Å². The summed E-state index contributed by atoms with van der Waals surface area (Å²) in [5.74, 6) is 1.78. The highest BCUT2D eigenvalue weighted by Crippen LogP contribution is 2.25. The third-order valence-electron chi connectivity index (χ3n) is 5.48. The zero-order valence-electron chi connectivity index (χ0n) is 25.5. The number of carbonyl (C=O) groups is 1. The molecule has 0 atom stereocenters. The van der Waals surface area contributed by atoms with E-state index in [4.69, 9.17) is 20.0 Å². The number of carbonyl (C=O) groups excluding carboxylic acids is 1. The summed E-state index contributed by atoms with van der Waals surface area (Å²) in [5.41, 5.74) is 7.36. The Bertz CT molecular complexity index is 992. The van der Waals surface area contributed by atoms with E-state index >= 15 is 0 Å². The predicted molar refractivity (Wildman–Crippen MR) is 163 cm³/mol. The van der Waals surface area contributed by atoms with Crippen molar-refractivity contribution in [1.29, 1.82) is 0 Å². The highest BCUT2D eigenvalue weighted by Gasteiger charge is 2.25. The molecule has 1 aliphatic heterocycles. The van der Waals surface area contributed by atoms with Gasteiger partial charge >= 0.3 is 6.09 Å². The van der Waals surface area contributed by atoms with Crippen molar-refractivity contribution in [3.63, 3.8) is 0 Å². The quantitative estimate of drug-likeness (QED) is 0.211. The molecule has 11 heteroatoms. The minimum Gasteiger partial charge on any atom is -0.491 e. The van der Waals surface area contributed by atoms with Crippen molar-refractivity contribution < 1.29 is 19.1 Å². The summed E-state index contributed by atoms with van der Waals surface area (Å²) in [6.45, 7) is 14.7. The summed E-state index contributed by atoms with van der Waals surface area (Å²) in [6.07, 6.45) is 4.62. The van der Waals surface area contributed by atoms with Crippen molar-refractivity contribution in [2.45, 2.75) is 73.0 Å². The lowest BCUT2D eigenvalue weighted by Crippen LogP contribution is -2.39. The average Bonchev–Trinajstić information content (AvgIpc) is 2.94. The zero-order valence-corrected chi connectivity index (χ0v) is 25.5. The van der Waals surface area contributed by atoms with Crippen LogP contribution in [0.15, 0.2) is 35.7 Å². The van der Waals surface area contributed by atoms with Gasteiger partial charge in [-0.2, -0.15) is 0 Å². The van der Waals surface area contributed by atoms with Crippen molar-refractivity contribution in [3.05, 3.63) is 36.2 Å². The zero-order chi connectivity index (χ0) is 29.9. The normalized spacial score (nSPS) is 13.3. The lowest BCUT2D eigenvalue weighted by atomic mass is 10.1. The lowest BCUT2D eigenvalue weighted by Gasteiger charge is -2.33. The molecule has 40 heavy (non-hydrogen) atoms. The molecular weight excluding hydrogens is 510 g/mol. The third kappa shape index (κ3) is 12.5. The van der Waals surface area contributed by atoms with Gasteiger partial charge in [0.05, 0.1) is 17.9 Å². The van der Waals surface area contributed by atoms with E-state index in [1.807, 2.05) is 67.8 Å². The molecule has 3 rings (SSSR count). The SMILES string of the molecule is CC.CC.CC(C)Oc1ccc(NC(=O)OC2CCN(c3ncnc(N)c3/C=N/OCCCN(C)C)CC2)cc1. The van der Waals surface area contributed by atoms with Crippen LogP contribution in [0.4, 0.5) is 22.1 Å². The molecule has 0 unspecified atom stereocenters. The van der Waals surface area contributed by atoms with Crippen molar-refractivity contribution >= 4 is 29.6 Å². The number of hydrogen-bond acceptors (Lipinski definition) is 10. The summed E-state index contributed by atoms with van der Waals surface area (Å²) in [4.78, 5) is 30.4. The van der Waals surface area contributed by atoms with Crippen LogP contribution in [0.25, 0.3) is 0 Å². The number of nitrogens with two attached hydrogens (primary N) is 1. The fourth-order valence-corrected chi connectivity index (χ4v) is 3.74. The van der Waals surface area contributed by atoms with Gasteiger partial charge in [0, 0.05) is 38.2 Å². The van der Waals surface area contributed by atoms with Gasteiger partial charge in [-0.05, 0) is 58.6 Å². The molecule has 0 spiro atoms. The number of ether oxygens (including phenoxy) is 2. The minimum atomic E-state index is -0.475. The Labute approximate surface area is 240 Å². The Kier molecular flexibility index (Phi) is 16.7. The maximum atomic E-state index is 12.4. The molecule has 1 amide bonds. The first kappa shape index (κ1) is 34.4. The van der Waals surface area contributed by atoms with Gasteiger partial charge in [0.25, 0.3) is 0 Å². The van der Waals surface area contributed by atoms with Crippen LogP contribution < -0.4 is 20.7 Å². The van der Waals surface area contributed by atoms with Crippen LogP contribution in [0, 0.1) is 0 Å². The Morgan fingerprint density at radius 1 is 1.15 bits per heavy atom. The van der Waals surface area contributed by atoms with Gasteiger partial charge in [-0.1, -0.05) is 32.9 Å². The predicted octanol–water partition coefficient (Wildman–Crippen LogP) is 5.42. The molecular formula is C29H49N7O4. The second-order valence-electron chi connectivity index (χ2n) is 9.13. The molecule has 0 bridgehead atoms. The van der Waals surface area contributed by atoms with Crippen molar-refractivity contribution in [2.75, 3.05) is 56.3 Å². The Morgan fingerprint density at radius 2 is 1.80 bits per heavy atom. The molecule has 224 valence electrons. The Balaban J connectivity index is 0.00000191. The second-order valence-corrected chi connectivity index (χ2v) is 9.13. The van der Waals surface area contributed by atoms with Crippen LogP contribution >= 0.6 is 0 Å². The fraction of sp³-hybridized carbons (Fsp3) is 0.586. The molecule has 11 nitrogen and oxygen atoms in total. The monoisotopic (exact) mass is 559 g/mol. The lowest BCUT2D eigenvalue weighted by molar-refractivity contribution is 0.0950. The summed E-state index contributed by atoms with van der Waals surface area (Å²) in [5, 5.41) is 6.82. The van der Waals surface area contributed by atoms with E-state index in [0.29, 0.717) is 55.4 Å². The molecule has 1 aliphatic rings. The molecule has 2 heterocycles. The van der Waals surface area contributed by atoms with Crippen LogP contribution in [0.2, 0.25) is 0 Å². The summed E-state index contributed by atoms with van der Waals surface area (Å²) < 4.78 is 11.3.